The number of amides is 2. The van der Waals surface area contributed by atoms with Crippen molar-refractivity contribution < 1.29 is 13.9 Å². The second kappa shape index (κ2) is 6.85. The van der Waals surface area contributed by atoms with E-state index in [2.05, 4.69) is 15.6 Å². The third-order valence-corrected chi connectivity index (χ3v) is 4.19. The van der Waals surface area contributed by atoms with Crippen molar-refractivity contribution in [1.29, 1.82) is 0 Å². The van der Waals surface area contributed by atoms with Gasteiger partial charge in [-0.3, -0.25) is 5.32 Å². The molecule has 2 heterocycles. The summed E-state index contributed by atoms with van der Waals surface area (Å²) in [4.78, 5) is 16.1. The summed E-state index contributed by atoms with van der Waals surface area (Å²) in [6, 6.07) is 5.45. The molecule has 0 aliphatic carbocycles. The van der Waals surface area contributed by atoms with Gasteiger partial charge in [0.1, 0.15) is 5.82 Å². The largest absolute Gasteiger partial charge is 0.376 e. The van der Waals surface area contributed by atoms with Crippen LogP contribution in [-0.4, -0.2) is 23.7 Å². The van der Waals surface area contributed by atoms with E-state index in [4.69, 9.17) is 4.74 Å². The Balaban J connectivity index is 1.73. The number of carbonyl (C=O) groups is 1. The number of aromatic nitrogens is 1. The predicted molar refractivity (Wildman–Crippen MR) is 82.4 cm³/mol. The zero-order valence-electron chi connectivity index (χ0n) is 11.8. The maximum atomic E-state index is 13.1. The molecule has 7 heteroatoms. The molecule has 0 bridgehead atoms. The number of halogens is 1. The Morgan fingerprint density at radius 3 is 2.86 bits per heavy atom. The Hall–Kier alpha value is -1.99. The van der Waals surface area contributed by atoms with Crippen LogP contribution in [0.1, 0.15) is 24.4 Å². The first-order valence-corrected chi connectivity index (χ1v) is 7.94. The lowest BCUT2D eigenvalue weighted by Gasteiger charge is -2.24. The highest BCUT2D eigenvalue weighted by molar-refractivity contribution is 7.13. The zero-order chi connectivity index (χ0) is 15.4. The number of ether oxygens (including phenoxy) is 1. The van der Waals surface area contributed by atoms with Crippen molar-refractivity contribution in [2.75, 3.05) is 11.9 Å². The highest BCUT2D eigenvalue weighted by atomic mass is 32.1. The van der Waals surface area contributed by atoms with Crippen molar-refractivity contribution in [2.24, 2.45) is 0 Å². The minimum Gasteiger partial charge on any atom is -0.376 e. The molecule has 0 spiro atoms. The van der Waals surface area contributed by atoms with Gasteiger partial charge in [0.2, 0.25) is 0 Å². The molecular weight excluding hydrogens is 305 g/mol. The standard InChI is InChI=1S/C15H16FN3O2S/c16-11-5-3-10(4-6-11)13(12-2-1-8-21-12)18-14(20)19-15-17-7-9-22-15/h3-7,9,12-13H,1-2,8H2,(H2,17,18,19,20). The number of hydrogen-bond donors (Lipinski definition) is 2. The normalized spacial score (nSPS) is 18.9. The quantitative estimate of drug-likeness (QED) is 0.908. The minimum atomic E-state index is -0.347. The van der Waals surface area contributed by atoms with E-state index in [0.29, 0.717) is 11.7 Å². The monoisotopic (exact) mass is 321 g/mol. The Morgan fingerprint density at radius 2 is 2.23 bits per heavy atom. The van der Waals surface area contributed by atoms with E-state index in [1.54, 1.807) is 23.7 Å². The zero-order valence-corrected chi connectivity index (χ0v) is 12.6. The first-order valence-electron chi connectivity index (χ1n) is 7.06. The summed E-state index contributed by atoms with van der Waals surface area (Å²) in [5.41, 5.74) is 0.822. The smallest absolute Gasteiger partial charge is 0.321 e. The van der Waals surface area contributed by atoms with Crippen LogP contribution in [0.15, 0.2) is 35.8 Å². The SMILES string of the molecule is O=C(Nc1nccs1)NC(c1ccc(F)cc1)C1CCCO1. The van der Waals surface area contributed by atoms with Gasteiger partial charge in [0.05, 0.1) is 12.1 Å². The van der Waals surface area contributed by atoms with Gasteiger partial charge >= 0.3 is 6.03 Å². The molecule has 3 rings (SSSR count). The van der Waals surface area contributed by atoms with Crippen LogP contribution in [0, 0.1) is 5.82 Å². The molecule has 2 aromatic rings. The van der Waals surface area contributed by atoms with Gasteiger partial charge in [-0.1, -0.05) is 12.1 Å². The number of benzene rings is 1. The van der Waals surface area contributed by atoms with Crippen LogP contribution in [0.25, 0.3) is 0 Å². The molecule has 1 aliphatic heterocycles. The van der Waals surface area contributed by atoms with Crippen molar-refractivity contribution in [3.63, 3.8) is 0 Å². The number of nitrogens with one attached hydrogen (secondary N) is 2. The number of thiazole rings is 1. The van der Waals surface area contributed by atoms with E-state index in [0.717, 1.165) is 18.4 Å². The van der Waals surface area contributed by atoms with Crippen molar-refractivity contribution in [3.8, 4) is 0 Å². The molecule has 116 valence electrons. The van der Waals surface area contributed by atoms with E-state index in [1.165, 1.54) is 23.5 Å². The molecule has 2 N–H and O–H groups in total. The number of rotatable bonds is 4. The molecule has 0 radical (unpaired) electrons. The number of nitrogens with zero attached hydrogens (tertiary/aromatic N) is 1. The fourth-order valence-electron chi connectivity index (χ4n) is 2.49. The summed E-state index contributed by atoms with van der Waals surface area (Å²) in [6.07, 6.45) is 3.34. The lowest BCUT2D eigenvalue weighted by atomic mass is 9.99. The van der Waals surface area contributed by atoms with E-state index in [1.807, 2.05) is 0 Å². The molecule has 2 amide bonds. The summed E-state index contributed by atoms with van der Waals surface area (Å²) in [7, 11) is 0. The molecule has 2 unspecified atom stereocenters. The summed E-state index contributed by atoms with van der Waals surface area (Å²) in [5, 5.41) is 7.90. The van der Waals surface area contributed by atoms with Crippen LogP contribution < -0.4 is 10.6 Å². The molecule has 5 nitrogen and oxygen atoms in total. The first kappa shape index (κ1) is 14.9. The predicted octanol–water partition coefficient (Wildman–Crippen LogP) is 3.32. The third kappa shape index (κ3) is 3.61. The molecule has 2 atom stereocenters. The van der Waals surface area contributed by atoms with Crippen LogP contribution in [0.2, 0.25) is 0 Å². The Bertz CT molecular complexity index is 612. The van der Waals surface area contributed by atoms with Crippen LogP contribution in [0.3, 0.4) is 0 Å². The van der Waals surface area contributed by atoms with E-state index >= 15 is 0 Å². The van der Waals surface area contributed by atoms with Crippen LogP contribution in [-0.2, 0) is 4.74 Å². The molecule has 1 aromatic heterocycles. The van der Waals surface area contributed by atoms with E-state index in [9.17, 15) is 9.18 Å². The summed E-state index contributed by atoms with van der Waals surface area (Å²) in [5.74, 6) is -0.304. The molecule has 1 fully saturated rings. The fourth-order valence-corrected chi connectivity index (χ4v) is 3.01. The van der Waals surface area contributed by atoms with Crippen LogP contribution in [0.5, 0.6) is 0 Å². The molecule has 22 heavy (non-hydrogen) atoms. The van der Waals surface area contributed by atoms with Gasteiger partial charge in [-0.2, -0.15) is 0 Å². The van der Waals surface area contributed by atoms with Gasteiger partial charge in [0.15, 0.2) is 5.13 Å². The summed E-state index contributed by atoms with van der Waals surface area (Å²) >= 11 is 1.34. The summed E-state index contributed by atoms with van der Waals surface area (Å²) < 4.78 is 18.8. The topological polar surface area (TPSA) is 63.2 Å². The second-order valence-electron chi connectivity index (χ2n) is 5.02. The molecule has 1 aromatic carbocycles. The fraction of sp³-hybridized carbons (Fsp3) is 0.333. The second-order valence-corrected chi connectivity index (χ2v) is 5.91. The van der Waals surface area contributed by atoms with E-state index in [-0.39, 0.29) is 24.0 Å². The Morgan fingerprint density at radius 1 is 1.41 bits per heavy atom. The van der Waals surface area contributed by atoms with Crippen molar-refractivity contribution in [3.05, 3.63) is 47.2 Å². The Labute approximate surface area is 131 Å². The lowest BCUT2D eigenvalue weighted by Crippen LogP contribution is -2.38. The molecular formula is C15H16FN3O2S. The Kier molecular flexibility index (Phi) is 4.65. The van der Waals surface area contributed by atoms with Crippen LogP contribution >= 0.6 is 11.3 Å². The van der Waals surface area contributed by atoms with Gasteiger partial charge in [-0.05, 0) is 30.5 Å². The number of urea groups is 1. The van der Waals surface area contributed by atoms with Crippen molar-refractivity contribution in [1.82, 2.24) is 10.3 Å². The highest BCUT2D eigenvalue weighted by Crippen LogP contribution is 2.27. The lowest BCUT2D eigenvalue weighted by molar-refractivity contribution is 0.0815. The summed E-state index contributed by atoms with van der Waals surface area (Å²) in [6.45, 7) is 0.679. The van der Waals surface area contributed by atoms with Gasteiger partial charge in [0.25, 0.3) is 0 Å². The van der Waals surface area contributed by atoms with Crippen molar-refractivity contribution >= 4 is 22.5 Å². The average molecular weight is 321 g/mol. The first-order chi connectivity index (χ1) is 10.7. The minimum absolute atomic E-state index is 0.104. The maximum Gasteiger partial charge on any atom is 0.321 e. The van der Waals surface area contributed by atoms with Gasteiger partial charge in [-0.15, -0.1) is 11.3 Å². The number of carbonyl (C=O) groups excluding carboxylic acids is 1. The van der Waals surface area contributed by atoms with Gasteiger partial charge in [-0.25, -0.2) is 14.2 Å². The van der Waals surface area contributed by atoms with E-state index < -0.39 is 0 Å². The van der Waals surface area contributed by atoms with Crippen LogP contribution in [0.4, 0.5) is 14.3 Å². The third-order valence-electron chi connectivity index (χ3n) is 3.51. The molecule has 1 saturated heterocycles. The van der Waals surface area contributed by atoms with Gasteiger partial charge in [0, 0.05) is 18.2 Å². The average Bonchev–Trinajstić information content (AvgIpc) is 3.19. The van der Waals surface area contributed by atoms with Gasteiger partial charge < -0.3 is 10.1 Å². The van der Waals surface area contributed by atoms with Crippen molar-refractivity contribution in [2.45, 2.75) is 25.0 Å². The maximum absolute atomic E-state index is 13.1. The number of anilines is 1. The molecule has 1 aliphatic rings. The molecule has 0 saturated carbocycles. The number of hydrogen-bond acceptors (Lipinski definition) is 4. The highest BCUT2D eigenvalue weighted by Gasteiger charge is 2.29.